The molecule has 4 nitrogen and oxygen atoms in total. The zero-order chi connectivity index (χ0) is 19.9. The molecule has 0 saturated heterocycles. The van der Waals surface area contributed by atoms with E-state index in [1.807, 2.05) is 12.1 Å². The van der Waals surface area contributed by atoms with E-state index in [4.69, 9.17) is 0 Å². The number of aromatic nitrogens is 2. The highest BCUT2D eigenvalue weighted by Crippen LogP contribution is 2.35. The minimum Gasteiger partial charge on any atom is -0.322 e. The molecule has 7 heteroatoms. The lowest BCUT2D eigenvalue weighted by Gasteiger charge is -2.14. The van der Waals surface area contributed by atoms with Crippen molar-refractivity contribution in [1.29, 1.82) is 0 Å². The molecular formula is C21H18F3N3O. The first-order chi connectivity index (χ1) is 13.3. The van der Waals surface area contributed by atoms with E-state index in [0.29, 0.717) is 11.3 Å². The molecule has 28 heavy (non-hydrogen) atoms. The Morgan fingerprint density at radius 3 is 2.61 bits per heavy atom. The minimum atomic E-state index is -4.73. The topological polar surface area (TPSA) is 46.9 Å². The molecule has 2 aromatic carbocycles. The largest absolute Gasteiger partial charge is 0.434 e. The van der Waals surface area contributed by atoms with E-state index >= 15 is 0 Å². The molecule has 144 valence electrons. The number of hydrogen-bond acceptors (Lipinski definition) is 2. The Labute approximate surface area is 160 Å². The lowest BCUT2D eigenvalue weighted by Crippen LogP contribution is -2.21. The summed E-state index contributed by atoms with van der Waals surface area (Å²) in [5, 5.41) is 6.46. The van der Waals surface area contributed by atoms with Gasteiger partial charge in [-0.2, -0.15) is 18.3 Å². The lowest BCUT2D eigenvalue weighted by atomic mass is 10.1. The molecule has 0 aliphatic heterocycles. The summed E-state index contributed by atoms with van der Waals surface area (Å²) in [4.78, 5) is 12.6. The predicted octanol–water partition coefficient (Wildman–Crippen LogP) is 4.94. The molecule has 1 N–H and O–H groups in total. The summed E-state index contributed by atoms with van der Waals surface area (Å²) in [5.74, 6) is -0.829. The van der Waals surface area contributed by atoms with Crippen molar-refractivity contribution in [2.45, 2.75) is 32.4 Å². The third-order valence-corrected chi connectivity index (χ3v) is 4.98. The number of nitrogens with one attached hydrogen (secondary N) is 1. The molecule has 0 saturated carbocycles. The standard InChI is InChI=1S/C21H18F3N3O/c1-13-5-2-3-8-18(13)27-19(21(22,23)24)17(12-25-27)20(28)26-16-10-9-14-6-4-7-15(14)11-16/h2-3,5,8-12H,4,6-7H2,1H3,(H,26,28). The fourth-order valence-electron chi connectivity index (χ4n) is 3.62. The van der Waals surface area contributed by atoms with Gasteiger partial charge >= 0.3 is 6.18 Å². The normalized spacial score (nSPS) is 13.4. The van der Waals surface area contributed by atoms with Crippen LogP contribution < -0.4 is 5.32 Å². The summed E-state index contributed by atoms with van der Waals surface area (Å²) in [5.41, 5.74) is 2.16. The molecule has 0 unspecified atom stereocenters. The fourth-order valence-corrected chi connectivity index (χ4v) is 3.62. The molecule has 0 atom stereocenters. The van der Waals surface area contributed by atoms with E-state index < -0.39 is 23.3 Å². The number of carbonyl (C=O) groups is 1. The number of anilines is 1. The molecule has 1 aliphatic rings. The number of hydrogen-bond donors (Lipinski definition) is 1. The third-order valence-electron chi connectivity index (χ3n) is 4.98. The molecule has 1 aromatic heterocycles. The Kier molecular flexibility index (Phi) is 4.45. The van der Waals surface area contributed by atoms with Crippen LogP contribution in [0.5, 0.6) is 0 Å². The smallest absolute Gasteiger partial charge is 0.322 e. The summed E-state index contributed by atoms with van der Waals surface area (Å²) in [6.07, 6.45) is -0.807. The van der Waals surface area contributed by atoms with Crippen molar-refractivity contribution >= 4 is 11.6 Å². The molecule has 0 fully saturated rings. The molecule has 4 rings (SSSR count). The number of carbonyl (C=O) groups excluding carboxylic acids is 1. The Hall–Kier alpha value is -3.09. The van der Waals surface area contributed by atoms with Crippen LogP contribution in [0.2, 0.25) is 0 Å². The van der Waals surface area contributed by atoms with Crippen LogP contribution in [0.4, 0.5) is 18.9 Å². The van der Waals surface area contributed by atoms with E-state index in [1.165, 1.54) is 5.56 Å². The van der Waals surface area contributed by atoms with Crippen LogP contribution >= 0.6 is 0 Å². The molecule has 0 bridgehead atoms. The van der Waals surface area contributed by atoms with E-state index in [0.717, 1.165) is 35.7 Å². The SMILES string of the molecule is Cc1ccccc1-n1ncc(C(=O)Nc2ccc3c(c2)CCC3)c1C(F)(F)F. The van der Waals surface area contributed by atoms with E-state index in [1.54, 1.807) is 37.3 Å². The second-order valence-corrected chi connectivity index (χ2v) is 6.89. The zero-order valence-electron chi connectivity index (χ0n) is 15.2. The number of rotatable bonds is 3. The average Bonchev–Trinajstić information content (AvgIpc) is 3.28. The van der Waals surface area contributed by atoms with Crippen molar-refractivity contribution in [3.8, 4) is 5.69 Å². The average molecular weight is 385 g/mol. The highest BCUT2D eigenvalue weighted by molar-refractivity contribution is 6.05. The van der Waals surface area contributed by atoms with E-state index in [2.05, 4.69) is 10.4 Å². The van der Waals surface area contributed by atoms with Crippen LogP contribution in [0.25, 0.3) is 5.69 Å². The maximum absolute atomic E-state index is 13.8. The van der Waals surface area contributed by atoms with E-state index in [9.17, 15) is 18.0 Å². The Morgan fingerprint density at radius 1 is 1.11 bits per heavy atom. The van der Waals surface area contributed by atoms with Crippen molar-refractivity contribution < 1.29 is 18.0 Å². The van der Waals surface area contributed by atoms with Crippen LogP contribution in [0.1, 0.15) is 39.2 Å². The van der Waals surface area contributed by atoms with Crippen molar-refractivity contribution in [2.75, 3.05) is 5.32 Å². The van der Waals surface area contributed by atoms with Gasteiger partial charge in [-0.1, -0.05) is 24.3 Å². The van der Waals surface area contributed by atoms with Gasteiger partial charge in [0.25, 0.3) is 5.91 Å². The van der Waals surface area contributed by atoms with Crippen molar-refractivity contribution in [3.05, 3.63) is 76.6 Å². The van der Waals surface area contributed by atoms with Gasteiger partial charge in [0.2, 0.25) is 0 Å². The zero-order valence-corrected chi connectivity index (χ0v) is 15.2. The molecular weight excluding hydrogens is 367 g/mol. The maximum Gasteiger partial charge on any atom is 0.434 e. The van der Waals surface area contributed by atoms with Crippen LogP contribution in [0.15, 0.2) is 48.7 Å². The van der Waals surface area contributed by atoms with Crippen molar-refractivity contribution in [3.63, 3.8) is 0 Å². The van der Waals surface area contributed by atoms with Gasteiger partial charge in [0.1, 0.15) is 0 Å². The van der Waals surface area contributed by atoms with Gasteiger partial charge in [0, 0.05) is 5.69 Å². The molecule has 1 amide bonds. The maximum atomic E-state index is 13.8. The molecule has 3 aromatic rings. The second-order valence-electron chi connectivity index (χ2n) is 6.89. The summed E-state index contributed by atoms with van der Waals surface area (Å²) < 4.78 is 42.2. The first-order valence-electron chi connectivity index (χ1n) is 8.99. The third kappa shape index (κ3) is 3.28. The highest BCUT2D eigenvalue weighted by atomic mass is 19.4. The Bertz CT molecular complexity index is 1050. The van der Waals surface area contributed by atoms with Crippen LogP contribution in [-0.4, -0.2) is 15.7 Å². The predicted molar refractivity (Wildman–Crippen MR) is 99.7 cm³/mol. The fraction of sp³-hybridized carbons (Fsp3) is 0.238. The number of alkyl halides is 3. The quantitative estimate of drug-likeness (QED) is 0.694. The monoisotopic (exact) mass is 385 g/mol. The van der Waals surface area contributed by atoms with Crippen LogP contribution in [-0.2, 0) is 19.0 Å². The van der Waals surface area contributed by atoms with Gasteiger partial charge in [0.15, 0.2) is 5.69 Å². The first-order valence-corrected chi connectivity index (χ1v) is 8.99. The van der Waals surface area contributed by atoms with Gasteiger partial charge in [-0.15, -0.1) is 0 Å². The number of para-hydroxylation sites is 1. The molecule has 1 aliphatic carbocycles. The van der Waals surface area contributed by atoms with Crippen molar-refractivity contribution in [2.24, 2.45) is 0 Å². The minimum absolute atomic E-state index is 0.284. The van der Waals surface area contributed by atoms with Crippen molar-refractivity contribution in [1.82, 2.24) is 9.78 Å². The molecule has 0 spiro atoms. The number of amides is 1. The second kappa shape index (κ2) is 6.82. The summed E-state index contributed by atoms with van der Waals surface area (Å²) in [6.45, 7) is 1.70. The number of halogens is 3. The van der Waals surface area contributed by atoms with Gasteiger partial charge in [-0.05, 0) is 61.1 Å². The highest BCUT2D eigenvalue weighted by Gasteiger charge is 2.40. The van der Waals surface area contributed by atoms with E-state index in [-0.39, 0.29) is 5.69 Å². The number of benzene rings is 2. The number of fused-ring (bicyclic) bond motifs is 1. The van der Waals surface area contributed by atoms with Gasteiger partial charge in [-0.25, -0.2) is 4.68 Å². The lowest BCUT2D eigenvalue weighted by molar-refractivity contribution is -0.143. The van der Waals surface area contributed by atoms with Gasteiger partial charge in [0.05, 0.1) is 17.4 Å². The Morgan fingerprint density at radius 2 is 1.86 bits per heavy atom. The first kappa shape index (κ1) is 18.3. The van der Waals surface area contributed by atoms with Gasteiger partial charge < -0.3 is 5.32 Å². The summed E-state index contributed by atoms with van der Waals surface area (Å²) >= 11 is 0. The Balaban J connectivity index is 1.71. The summed E-state index contributed by atoms with van der Waals surface area (Å²) in [6, 6.07) is 12.1. The number of aryl methyl sites for hydroxylation is 3. The van der Waals surface area contributed by atoms with Crippen LogP contribution in [0.3, 0.4) is 0 Å². The number of nitrogens with zero attached hydrogens (tertiary/aromatic N) is 2. The molecule has 0 radical (unpaired) electrons. The molecule has 1 heterocycles. The van der Waals surface area contributed by atoms with Gasteiger partial charge in [-0.3, -0.25) is 4.79 Å². The summed E-state index contributed by atoms with van der Waals surface area (Å²) in [7, 11) is 0. The van der Waals surface area contributed by atoms with Crippen LogP contribution in [0, 0.1) is 6.92 Å².